The van der Waals surface area contributed by atoms with E-state index < -0.39 is 29.9 Å². The van der Waals surface area contributed by atoms with Crippen LogP contribution in [0, 0.1) is 6.92 Å². The molecule has 2 fully saturated rings. The Bertz CT molecular complexity index is 1410. The number of nitrogens with one attached hydrogen (secondary N) is 2. The predicted octanol–water partition coefficient (Wildman–Crippen LogP) is -0.862. The number of aliphatic hydroxyl groups is 2. The van der Waals surface area contributed by atoms with E-state index in [0.29, 0.717) is 35.2 Å². The minimum Gasteiger partial charge on any atom is -0.393 e. The van der Waals surface area contributed by atoms with Gasteiger partial charge in [-0.1, -0.05) is 6.08 Å². The molecule has 2 aliphatic heterocycles. The van der Waals surface area contributed by atoms with Crippen molar-refractivity contribution >= 4 is 22.9 Å². The summed E-state index contributed by atoms with van der Waals surface area (Å²) in [6.45, 7) is 1.61. The maximum atomic E-state index is 11.5. The second kappa shape index (κ2) is 10.4. The number of fused-ring (bicyclic) bond motifs is 1. The molecule has 1 aliphatic carbocycles. The Hall–Kier alpha value is -3.63. The molecule has 1 saturated heterocycles. The zero-order chi connectivity index (χ0) is 26.1. The lowest BCUT2D eigenvalue weighted by molar-refractivity contribution is -0.0980. The van der Waals surface area contributed by atoms with Crippen LogP contribution in [0.5, 0.6) is 0 Å². The quantitative estimate of drug-likeness (QED) is 0.254. The third kappa shape index (κ3) is 5.40. The molecule has 3 aliphatic rings. The van der Waals surface area contributed by atoms with Gasteiger partial charge >= 0.3 is 5.69 Å². The summed E-state index contributed by atoms with van der Waals surface area (Å²) < 4.78 is 19.3. The van der Waals surface area contributed by atoms with Crippen molar-refractivity contribution in [1.82, 2.24) is 29.1 Å². The van der Waals surface area contributed by atoms with E-state index in [1.165, 1.54) is 10.8 Å². The number of aliphatic hydroxyl groups excluding tert-OH is 2. The smallest absolute Gasteiger partial charge is 0.330 e. The third-order valence-electron chi connectivity index (χ3n) is 5.95. The largest absolute Gasteiger partial charge is 0.393 e. The normalized spacial score (nSPS) is 24.8. The summed E-state index contributed by atoms with van der Waals surface area (Å²) in [5, 5.41) is 21.2. The number of H-pyrrole nitrogens is 1. The number of nitrogen functional groups attached to an aromatic ring is 1. The molecular weight excluding hydrogens is 488 g/mol. The number of anilines is 2. The van der Waals surface area contributed by atoms with E-state index in [2.05, 4.69) is 25.3 Å². The number of hydrogen-bond donors (Lipinski definition) is 5. The van der Waals surface area contributed by atoms with Crippen LogP contribution >= 0.6 is 0 Å². The lowest BCUT2D eigenvalue weighted by Crippen LogP contribution is -2.33. The Kier molecular flexibility index (Phi) is 7.03. The molecule has 6 rings (SSSR count). The summed E-state index contributed by atoms with van der Waals surface area (Å²) in [7, 11) is 0. The molecule has 0 aromatic carbocycles. The number of nitrogens with zero attached hydrogens (tertiary/aromatic N) is 5. The van der Waals surface area contributed by atoms with Crippen molar-refractivity contribution in [1.29, 1.82) is 0 Å². The van der Waals surface area contributed by atoms with E-state index in [9.17, 15) is 9.59 Å². The van der Waals surface area contributed by atoms with E-state index >= 15 is 0 Å². The number of aromatic amines is 1. The summed E-state index contributed by atoms with van der Waals surface area (Å²) in [4.78, 5) is 37.7. The van der Waals surface area contributed by atoms with Gasteiger partial charge in [0.2, 0.25) is 5.95 Å². The molecular formula is C22H28N8O7. The van der Waals surface area contributed by atoms with Crippen LogP contribution in [0.15, 0.2) is 34.3 Å². The van der Waals surface area contributed by atoms with Gasteiger partial charge in [0.1, 0.15) is 6.10 Å². The molecule has 0 spiro atoms. The maximum absolute atomic E-state index is 11.5. The number of nitrogens with two attached hydrogens (primary N) is 1. The number of rotatable bonds is 6. The van der Waals surface area contributed by atoms with Crippen molar-refractivity contribution in [3.8, 4) is 0 Å². The van der Waals surface area contributed by atoms with Gasteiger partial charge < -0.3 is 35.5 Å². The van der Waals surface area contributed by atoms with E-state index in [4.69, 9.17) is 30.2 Å². The van der Waals surface area contributed by atoms with E-state index in [0.717, 1.165) is 12.8 Å². The summed E-state index contributed by atoms with van der Waals surface area (Å²) in [6, 6.07) is 0.442. The van der Waals surface area contributed by atoms with Crippen molar-refractivity contribution in [3.05, 3.63) is 51.1 Å². The Morgan fingerprint density at radius 1 is 1.16 bits per heavy atom. The summed E-state index contributed by atoms with van der Waals surface area (Å²) >= 11 is 0. The fourth-order valence-corrected chi connectivity index (χ4v) is 3.88. The number of aromatic nitrogens is 6. The van der Waals surface area contributed by atoms with Gasteiger partial charge in [-0.05, 0) is 25.8 Å². The van der Waals surface area contributed by atoms with Crippen LogP contribution in [0.4, 0.5) is 11.8 Å². The third-order valence-corrected chi connectivity index (χ3v) is 5.95. The van der Waals surface area contributed by atoms with Gasteiger partial charge in [-0.3, -0.25) is 18.9 Å². The van der Waals surface area contributed by atoms with E-state index in [1.54, 1.807) is 30.0 Å². The minimum atomic E-state index is -0.615. The lowest BCUT2D eigenvalue weighted by atomic mass is 10.3. The monoisotopic (exact) mass is 516 g/mol. The summed E-state index contributed by atoms with van der Waals surface area (Å²) in [5.41, 5.74) is 6.55. The average molecular weight is 517 g/mol. The highest BCUT2D eigenvalue weighted by Crippen LogP contribution is 2.30. The fourth-order valence-electron chi connectivity index (χ4n) is 3.88. The predicted molar refractivity (Wildman–Crippen MR) is 130 cm³/mol. The number of hydrogen-bond acceptors (Lipinski definition) is 12. The zero-order valence-corrected chi connectivity index (χ0v) is 20.0. The highest BCUT2D eigenvalue weighted by Gasteiger charge is 2.30. The van der Waals surface area contributed by atoms with Crippen molar-refractivity contribution in [2.45, 2.75) is 50.7 Å². The van der Waals surface area contributed by atoms with Gasteiger partial charge in [-0.2, -0.15) is 9.97 Å². The first-order valence-electron chi connectivity index (χ1n) is 11.8. The average Bonchev–Trinajstić information content (AvgIpc) is 3.27. The van der Waals surface area contributed by atoms with Crippen molar-refractivity contribution in [2.75, 3.05) is 30.9 Å². The molecule has 4 atom stereocenters. The highest BCUT2D eigenvalue weighted by molar-refractivity contribution is 5.84. The number of imidazole rings is 1. The second-order valence-electron chi connectivity index (χ2n) is 8.82. The summed E-state index contributed by atoms with van der Waals surface area (Å²) in [6.07, 6.45) is 6.71. The molecule has 37 heavy (non-hydrogen) atoms. The molecule has 3 aromatic rings. The van der Waals surface area contributed by atoms with Gasteiger partial charge in [0.05, 0.1) is 26.1 Å². The van der Waals surface area contributed by atoms with Gasteiger partial charge in [0.25, 0.3) is 5.56 Å². The van der Waals surface area contributed by atoms with Gasteiger partial charge in [0.15, 0.2) is 35.7 Å². The van der Waals surface area contributed by atoms with Crippen molar-refractivity contribution < 1.29 is 24.4 Å². The van der Waals surface area contributed by atoms with Crippen LogP contribution in [-0.2, 0) is 14.2 Å². The Morgan fingerprint density at radius 2 is 1.97 bits per heavy atom. The molecule has 15 nitrogen and oxygen atoms in total. The topological polar surface area (TPSA) is 205 Å². The number of ether oxygens (including phenoxy) is 3. The number of aryl methyl sites for hydroxylation is 1. The first kappa shape index (κ1) is 25.0. The minimum absolute atomic E-state index is 0.135. The molecule has 3 aromatic heterocycles. The molecule has 1 saturated carbocycles. The van der Waals surface area contributed by atoms with Crippen LogP contribution in [-0.4, -0.2) is 77.5 Å². The molecule has 0 radical (unpaired) electrons. The molecule has 5 heterocycles. The molecule has 0 unspecified atom stereocenters. The van der Waals surface area contributed by atoms with Crippen LogP contribution in [0.3, 0.4) is 0 Å². The molecule has 198 valence electrons. The van der Waals surface area contributed by atoms with Crippen molar-refractivity contribution in [3.63, 3.8) is 0 Å². The highest BCUT2D eigenvalue weighted by atomic mass is 16.7. The maximum Gasteiger partial charge on any atom is 0.330 e. The van der Waals surface area contributed by atoms with Crippen LogP contribution in [0.2, 0.25) is 0 Å². The van der Waals surface area contributed by atoms with Crippen LogP contribution in [0.25, 0.3) is 11.2 Å². The molecule has 0 bridgehead atoms. The zero-order valence-electron chi connectivity index (χ0n) is 20.0. The van der Waals surface area contributed by atoms with E-state index in [-0.39, 0.29) is 25.4 Å². The van der Waals surface area contributed by atoms with Gasteiger partial charge in [-0.25, -0.2) is 9.78 Å². The molecule has 15 heteroatoms. The SMILES string of the molecule is Cc1cn([C@H]2C=C[C@@H](CO)O2)c(=O)[nH]c1=O.Nc1nc(NC2CC2)c2ncn([C@H]3CO[C@@H](CO)O3)c2n1. The van der Waals surface area contributed by atoms with Gasteiger partial charge in [0, 0.05) is 17.8 Å². The second-order valence-corrected chi connectivity index (χ2v) is 8.82. The van der Waals surface area contributed by atoms with Crippen LogP contribution in [0.1, 0.15) is 30.9 Å². The Morgan fingerprint density at radius 3 is 2.65 bits per heavy atom. The van der Waals surface area contributed by atoms with Crippen LogP contribution < -0.4 is 22.3 Å². The Labute approximate surface area is 209 Å². The lowest BCUT2D eigenvalue weighted by Gasteiger charge is -2.14. The van der Waals surface area contributed by atoms with Gasteiger partial charge in [-0.15, -0.1) is 0 Å². The molecule has 0 amide bonds. The van der Waals surface area contributed by atoms with E-state index in [1.807, 2.05) is 0 Å². The Balaban J connectivity index is 0.000000158. The first-order chi connectivity index (χ1) is 17.9. The van der Waals surface area contributed by atoms with Crippen molar-refractivity contribution in [2.24, 2.45) is 0 Å². The summed E-state index contributed by atoms with van der Waals surface area (Å²) in [5.74, 6) is 0.835. The molecule has 6 N–H and O–H groups in total. The standard InChI is InChI=1S/C12H16N6O3.C10H12N2O4/c13-12-16-10(15-6-1-2-6)9-11(17-12)18(5-14-9)7-4-20-8(3-19)21-7;1-6-4-12(10(15)11-9(6)14)8-3-2-7(5-13)16-8/h5-8,19H,1-4H2,(H3,13,15,16,17);2-4,7-8,13H,5H2,1H3,(H,11,14,15)/t7-,8-;7-,8+/m10/s1. The fraction of sp³-hybridized carbons (Fsp3) is 0.500. The first-order valence-corrected chi connectivity index (χ1v) is 11.8.